The third-order valence-electron chi connectivity index (χ3n) is 5.83. The maximum Gasteiger partial charge on any atom is 0.268 e. The molecule has 1 saturated carbocycles. The maximum atomic E-state index is 14.3. The Morgan fingerprint density at radius 1 is 1.25 bits per heavy atom. The van der Waals surface area contributed by atoms with Gasteiger partial charge in [-0.2, -0.15) is 0 Å². The van der Waals surface area contributed by atoms with Gasteiger partial charge < -0.3 is 9.80 Å². The number of amides is 2. The number of halogens is 1. The van der Waals surface area contributed by atoms with E-state index in [9.17, 15) is 14.0 Å². The Hall–Kier alpha value is -2.34. The van der Waals surface area contributed by atoms with Gasteiger partial charge in [0.25, 0.3) is 5.91 Å². The van der Waals surface area contributed by atoms with Crippen LogP contribution >= 0.6 is 11.8 Å². The van der Waals surface area contributed by atoms with E-state index in [0.717, 1.165) is 35.4 Å². The Labute approximate surface area is 167 Å². The lowest BCUT2D eigenvalue weighted by Gasteiger charge is -2.33. The van der Waals surface area contributed by atoms with Crippen LogP contribution in [0.3, 0.4) is 0 Å². The van der Waals surface area contributed by atoms with Crippen molar-refractivity contribution in [2.75, 3.05) is 17.2 Å². The molecule has 144 valence electrons. The summed E-state index contributed by atoms with van der Waals surface area (Å²) >= 11 is 1.53. The number of carbonyl (C=O) groups excluding carboxylic acids is 2. The topological polar surface area (TPSA) is 40.6 Å². The quantitative estimate of drug-likeness (QED) is 0.792. The average Bonchev–Trinajstić information content (AvgIpc) is 3.40. The van der Waals surface area contributed by atoms with E-state index >= 15 is 0 Å². The van der Waals surface area contributed by atoms with Crippen molar-refractivity contribution < 1.29 is 14.0 Å². The summed E-state index contributed by atoms with van der Waals surface area (Å²) in [5.74, 6) is 0.407. The minimum Gasteiger partial charge on any atom is -0.315 e. The largest absolute Gasteiger partial charge is 0.315 e. The van der Waals surface area contributed by atoms with Gasteiger partial charge in [0.2, 0.25) is 5.91 Å². The molecule has 2 amide bonds. The van der Waals surface area contributed by atoms with Crippen molar-refractivity contribution in [1.29, 1.82) is 0 Å². The summed E-state index contributed by atoms with van der Waals surface area (Å²) in [5, 5.41) is 0. The third-order valence-corrected chi connectivity index (χ3v) is 7.25. The summed E-state index contributed by atoms with van der Waals surface area (Å²) in [6, 6.07) is 12.4. The molecule has 2 aliphatic heterocycles. The Morgan fingerprint density at radius 2 is 2.04 bits per heavy atom. The second kappa shape index (κ2) is 6.34. The Kier molecular flexibility index (Phi) is 4.02. The second-order valence-corrected chi connectivity index (χ2v) is 9.05. The molecule has 0 radical (unpaired) electrons. The summed E-state index contributed by atoms with van der Waals surface area (Å²) in [4.78, 5) is 29.2. The summed E-state index contributed by atoms with van der Waals surface area (Å²) in [6.45, 7) is 2.73. The van der Waals surface area contributed by atoms with E-state index in [2.05, 4.69) is 0 Å². The van der Waals surface area contributed by atoms with Gasteiger partial charge in [0.15, 0.2) is 4.87 Å². The Morgan fingerprint density at radius 3 is 2.79 bits per heavy atom. The fourth-order valence-electron chi connectivity index (χ4n) is 4.25. The van der Waals surface area contributed by atoms with E-state index in [1.54, 1.807) is 28.0 Å². The first-order valence-corrected chi connectivity index (χ1v) is 10.6. The molecule has 4 nitrogen and oxygen atoms in total. The van der Waals surface area contributed by atoms with Gasteiger partial charge in [-0.25, -0.2) is 4.39 Å². The first-order valence-electron chi connectivity index (χ1n) is 9.64. The Balaban J connectivity index is 1.61. The van der Waals surface area contributed by atoms with Gasteiger partial charge in [-0.05, 0) is 31.9 Å². The number of nitrogens with zero attached hydrogens (tertiary/aromatic N) is 2. The zero-order chi connectivity index (χ0) is 19.5. The molecule has 5 rings (SSSR count). The van der Waals surface area contributed by atoms with Crippen molar-refractivity contribution in [1.82, 2.24) is 4.90 Å². The molecule has 2 heterocycles. The number of carbonyl (C=O) groups is 2. The van der Waals surface area contributed by atoms with Gasteiger partial charge in [-0.1, -0.05) is 35.9 Å². The molecule has 1 saturated heterocycles. The zero-order valence-electron chi connectivity index (χ0n) is 15.7. The van der Waals surface area contributed by atoms with E-state index in [0.29, 0.717) is 12.1 Å². The highest BCUT2D eigenvalue weighted by Gasteiger charge is 2.60. The SMILES string of the molecule is Cc1ccc2c(c1)[C@]1(SCCN1C(=O)C1CC1)C(=O)N2Cc1ccccc1F. The van der Waals surface area contributed by atoms with Gasteiger partial charge in [0.1, 0.15) is 5.82 Å². The number of aryl methyl sites for hydroxylation is 1. The van der Waals surface area contributed by atoms with Gasteiger partial charge in [-0.3, -0.25) is 9.59 Å². The summed E-state index contributed by atoms with van der Waals surface area (Å²) in [6.07, 6.45) is 1.81. The minimum absolute atomic E-state index is 0.0530. The first kappa shape index (κ1) is 17.7. The highest BCUT2D eigenvalue weighted by atomic mass is 32.2. The Bertz CT molecular complexity index is 990. The van der Waals surface area contributed by atoms with Crippen LogP contribution in [-0.2, 0) is 21.0 Å². The zero-order valence-corrected chi connectivity index (χ0v) is 16.5. The highest BCUT2D eigenvalue weighted by molar-refractivity contribution is 8.01. The van der Waals surface area contributed by atoms with Crippen molar-refractivity contribution in [2.24, 2.45) is 5.92 Å². The van der Waals surface area contributed by atoms with E-state index in [1.165, 1.54) is 17.8 Å². The normalized spacial score (nSPS) is 23.6. The van der Waals surface area contributed by atoms with Gasteiger partial charge in [0.05, 0.1) is 12.2 Å². The van der Waals surface area contributed by atoms with Gasteiger partial charge >= 0.3 is 0 Å². The van der Waals surface area contributed by atoms with Crippen molar-refractivity contribution in [2.45, 2.75) is 31.2 Å². The lowest BCUT2D eigenvalue weighted by atomic mass is 10.0. The number of anilines is 1. The van der Waals surface area contributed by atoms with Crippen LogP contribution in [0.15, 0.2) is 42.5 Å². The lowest BCUT2D eigenvalue weighted by molar-refractivity contribution is -0.141. The molecule has 2 aromatic carbocycles. The summed E-state index contributed by atoms with van der Waals surface area (Å²) in [7, 11) is 0. The fourth-order valence-corrected chi connectivity index (χ4v) is 5.71. The molecule has 1 atom stereocenters. The number of fused-ring (bicyclic) bond motifs is 2. The van der Waals surface area contributed by atoms with E-state index in [1.807, 2.05) is 25.1 Å². The number of benzene rings is 2. The van der Waals surface area contributed by atoms with Crippen LogP contribution in [0.5, 0.6) is 0 Å². The van der Waals surface area contributed by atoms with Gasteiger partial charge in [0, 0.05) is 29.3 Å². The molecule has 1 aliphatic carbocycles. The summed E-state index contributed by atoms with van der Waals surface area (Å²) in [5.41, 5.74) is 3.17. The monoisotopic (exact) mass is 396 g/mol. The molecule has 6 heteroatoms. The minimum atomic E-state index is -1.01. The standard InChI is InChI=1S/C22H21FN2O2S/c1-14-6-9-19-17(12-14)22(25(10-11-28-22)20(26)15-7-8-15)21(27)24(19)13-16-4-2-3-5-18(16)23/h2-6,9,12,15H,7-8,10-11,13H2,1H3/t22-/m0/s1. The molecular weight excluding hydrogens is 375 g/mol. The van der Waals surface area contributed by atoms with E-state index < -0.39 is 4.87 Å². The number of hydrogen-bond donors (Lipinski definition) is 0. The average molecular weight is 396 g/mol. The summed E-state index contributed by atoms with van der Waals surface area (Å²) < 4.78 is 14.3. The molecule has 0 aromatic heterocycles. The predicted octanol–water partition coefficient (Wildman–Crippen LogP) is 3.82. The molecule has 2 fully saturated rings. The van der Waals surface area contributed by atoms with E-state index in [4.69, 9.17) is 0 Å². The van der Waals surface area contributed by atoms with Crippen molar-refractivity contribution in [3.8, 4) is 0 Å². The van der Waals surface area contributed by atoms with Crippen LogP contribution in [0.1, 0.15) is 29.5 Å². The first-order chi connectivity index (χ1) is 13.5. The number of hydrogen-bond acceptors (Lipinski definition) is 3. The second-order valence-electron chi connectivity index (χ2n) is 7.76. The van der Waals surface area contributed by atoms with Crippen LogP contribution in [0, 0.1) is 18.7 Å². The molecule has 1 spiro atoms. The molecule has 0 bridgehead atoms. The maximum absolute atomic E-state index is 14.3. The van der Waals surface area contributed by atoms with E-state index in [-0.39, 0.29) is 30.1 Å². The third kappa shape index (κ3) is 2.50. The molecule has 28 heavy (non-hydrogen) atoms. The molecule has 0 unspecified atom stereocenters. The van der Waals surface area contributed by atoms with Crippen molar-refractivity contribution >= 4 is 29.3 Å². The molecule has 3 aliphatic rings. The van der Waals surface area contributed by atoms with Crippen LogP contribution in [0.25, 0.3) is 0 Å². The fraction of sp³-hybridized carbons (Fsp3) is 0.364. The molecule has 2 aromatic rings. The predicted molar refractivity (Wildman–Crippen MR) is 107 cm³/mol. The smallest absolute Gasteiger partial charge is 0.268 e. The lowest BCUT2D eigenvalue weighted by Crippen LogP contribution is -2.50. The van der Waals surface area contributed by atoms with Crippen molar-refractivity contribution in [3.05, 3.63) is 65.0 Å². The number of rotatable bonds is 3. The van der Waals surface area contributed by atoms with Gasteiger partial charge in [-0.15, -0.1) is 11.8 Å². The molecular formula is C22H21FN2O2S. The van der Waals surface area contributed by atoms with Crippen LogP contribution < -0.4 is 4.90 Å². The number of thioether (sulfide) groups is 1. The van der Waals surface area contributed by atoms with Crippen LogP contribution in [0.4, 0.5) is 10.1 Å². The van der Waals surface area contributed by atoms with Crippen molar-refractivity contribution in [3.63, 3.8) is 0 Å². The molecule has 0 N–H and O–H groups in total. The van der Waals surface area contributed by atoms with Crippen LogP contribution in [0.2, 0.25) is 0 Å². The van der Waals surface area contributed by atoms with Crippen LogP contribution in [-0.4, -0.2) is 29.0 Å². The highest BCUT2D eigenvalue weighted by Crippen LogP contribution is 2.55.